The first-order valence-corrected chi connectivity index (χ1v) is 15.8. The molecule has 0 bridgehead atoms. The lowest BCUT2D eigenvalue weighted by Gasteiger charge is -2.23. The third-order valence-electron chi connectivity index (χ3n) is 7.75. The Labute approximate surface area is 264 Å². The molecule has 0 saturated heterocycles. The van der Waals surface area contributed by atoms with Crippen molar-refractivity contribution in [1.82, 2.24) is 15.2 Å². The topological polar surface area (TPSA) is 57.3 Å². The van der Waals surface area contributed by atoms with Crippen LogP contribution in [0.4, 0.5) is 23.7 Å². The van der Waals surface area contributed by atoms with Crippen LogP contribution in [0.2, 0.25) is 0 Å². The van der Waals surface area contributed by atoms with Crippen LogP contribution in [0.25, 0.3) is 11.1 Å². The van der Waals surface area contributed by atoms with Crippen molar-refractivity contribution in [3.05, 3.63) is 120 Å². The van der Waals surface area contributed by atoms with Gasteiger partial charge in [0.25, 0.3) is 0 Å². The van der Waals surface area contributed by atoms with Crippen molar-refractivity contribution in [1.29, 1.82) is 0 Å². The van der Waals surface area contributed by atoms with Crippen LogP contribution >= 0.6 is 0 Å². The Morgan fingerprint density at radius 1 is 0.733 bits per heavy atom. The van der Waals surface area contributed by atoms with Gasteiger partial charge in [-0.05, 0) is 71.1 Å². The number of aromatic nitrogens is 1. The molecule has 45 heavy (non-hydrogen) atoms. The average Bonchev–Trinajstić information content (AvgIpc) is 3.05. The molecule has 2 N–H and O–H groups in total. The van der Waals surface area contributed by atoms with Gasteiger partial charge in [0, 0.05) is 37.7 Å². The van der Waals surface area contributed by atoms with Gasteiger partial charge in [-0.15, -0.1) is 0 Å². The molecule has 0 fully saturated rings. The molecule has 0 saturated carbocycles. The molecule has 1 aromatic heterocycles. The number of pyridine rings is 1. The van der Waals surface area contributed by atoms with Crippen molar-refractivity contribution in [2.24, 2.45) is 0 Å². The Bertz CT molecular complexity index is 1420. The molecular weight excluding hydrogens is 573 g/mol. The second-order valence-electron chi connectivity index (χ2n) is 11.4. The second-order valence-corrected chi connectivity index (χ2v) is 11.4. The standard InChI is InChI=1S/C37H43F3N4O/c1-2-3-4-5-6-7-8-23-41-25-29-11-15-32(16-12-29)33-17-13-30(14-18-33)27-44(28-31-10-9-24-42-26-31)36(45)43-35-21-19-34(20-22-35)37(38,39)40/h9-22,24,26,41H,2-8,23,25,27-28H2,1H3,(H,43,45). The first kappa shape index (κ1) is 33.7. The Morgan fingerprint density at radius 2 is 1.33 bits per heavy atom. The smallest absolute Gasteiger partial charge is 0.316 e. The van der Waals surface area contributed by atoms with Gasteiger partial charge in [0.1, 0.15) is 0 Å². The highest BCUT2D eigenvalue weighted by Gasteiger charge is 2.30. The van der Waals surface area contributed by atoms with Crippen LogP contribution in [0, 0.1) is 0 Å². The van der Waals surface area contributed by atoms with E-state index in [1.165, 1.54) is 62.6 Å². The fraction of sp³-hybridized carbons (Fsp3) is 0.351. The molecule has 238 valence electrons. The Balaban J connectivity index is 1.32. The number of anilines is 1. The molecule has 1 heterocycles. The fourth-order valence-electron chi connectivity index (χ4n) is 5.13. The van der Waals surface area contributed by atoms with E-state index in [1.54, 1.807) is 23.4 Å². The molecule has 8 heteroatoms. The van der Waals surface area contributed by atoms with E-state index < -0.39 is 17.8 Å². The largest absolute Gasteiger partial charge is 0.416 e. The first-order chi connectivity index (χ1) is 21.8. The lowest BCUT2D eigenvalue weighted by Crippen LogP contribution is -2.34. The lowest BCUT2D eigenvalue weighted by atomic mass is 10.0. The van der Waals surface area contributed by atoms with Crippen LogP contribution in [0.1, 0.15) is 74.1 Å². The number of hydrogen-bond acceptors (Lipinski definition) is 3. The molecule has 5 nitrogen and oxygen atoms in total. The minimum Gasteiger partial charge on any atom is -0.316 e. The summed E-state index contributed by atoms with van der Waals surface area (Å²) in [5, 5.41) is 6.28. The Kier molecular flexibility index (Phi) is 13.0. The zero-order chi connectivity index (χ0) is 31.9. The Morgan fingerprint density at radius 3 is 1.93 bits per heavy atom. The van der Waals surface area contributed by atoms with E-state index in [9.17, 15) is 18.0 Å². The van der Waals surface area contributed by atoms with Crippen LogP contribution in [-0.4, -0.2) is 22.5 Å². The summed E-state index contributed by atoms with van der Waals surface area (Å²) in [7, 11) is 0. The zero-order valence-corrected chi connectivity index (χ0v) is 26.0. The third kappa shape index (κ3) is 11.4. The number of urea groups is 1. The van der Waals surface area contributed by atoms with Crippen LogP contribution in [0.5, 0.6) is 0 Å². The molecule has 3 aromatic carbocycles. The number of rotatable bonds is 16. The van der Waals surface area contributed by atoms with Gasteiger partial charge in [0.15, 0.2) is 0 Å². The molecule has 0 unspecified atom stereocenters. The predicted octanol–water partition coefficient (Wildman–Crippen LogP) is 9.84. The van der Waals surface area contributed by atoms with E-state index in [2.05, 4.69) is 46.8 Å². The number of unbranched alkanes of at least 4 members (excludes halogenated alkanes) is 6. The van der Waals surface area contributed by atoms with Gasteiger partial charge >= 0.3 is 12.2 Å². The van der Waals surface area contributed by atoms with E-state index in [4.69, 9.17) is 0 Å². The summed E-state index contributed by atoms with van der Waals surface area (Å²) in [5.74, 6) is 0. The molecule has 0 aliphatic carbocycles. The summed E-state index contributed by atoms with van der Waals surface area (Å²) >= 11 is 0. The number of alkyl halides is 3. The molecule has 2 amide bonds. The van der Waals surface area contributed by atoms with Crippen LogP contribution in [0.15, 0.2) is 97.3 Å². The first-order valence-electron chi connectivity index (χ1n) is 15.8. The lowest BCUT2D eigenvalue weighted by molar-refractivity contribution is -0.137. The van der Waals surface area contributed by atoms with Crippen molar-refractivity contribution in [2.75, 3.05) is 11.9 Å². The van der Waals surface area contributed by atoms with Crippen LogP contribution in [-0.2, 0) is 25.8 Å². The second kappa shape index (κ2) is 17.4. The van der Waals surface area contributed by atoms with Gasteiger partial charge in [0.2, 0.25) is 0 Å². The zero-order valence-electron chi connectivity index (χ0n) is 26.0. The minimum atomic E-state index is -4.44. The molecule has 0 aliphatic rings. The molecule has 0 radical (unpaired) electrons. The van der Waals surface area contributed by atoms with Crippen LogP contribution < -0.4 is 10.6 Å². The van der Waals surface area contributed by atoms with Crippen molar-refractivity contribution >= 4 is 11.7 Å². The van der Waals surface area contributed by atoms with Crippen molar-refractivity contribution in [2.45, 2.75) is 77.7 Å². The van der Waals surface area contributed by atoms with Gasteiger partial charge in [-0.25, -0.2) is 4.79 Å². The summed E-state index contributed by atoms with van der Waals surface area (Å²) in [6.45, 7) is 4.74. The van der Waals surface area contributed by atoms with Crippen molar-refractivity contribution in [3.63, 3.8) is 0 Å². The highest BCUT2D eigenvalue weighted by atomic mass is 19.4. The predicted molar refractivity (Wildman–Crippen MR) is 176 cm³/mol. The number of nitrogens with one attached hydrogen (secondary N) is 2. The maximum absolute atomic E-state index is 13.3. The molecule has 0 spiro atoms. The highest BCUT2D eigenvalue weighted by molar-refractivity contribution is 5.89. The number of benzene rings is 3. The molecule has 4 aromatic rings. The molecular formula is C37H43F3N4O. The minimum absolute atomic E-state index is 0.288. The summed E-state index contributed by atoms with van der Waals surface area (Å²) in [6.07, 6.45) is 8.09. The van der Waals surface area contributed by atoms with Crippen molar-refractivity contribution in [3.8, 4) is 11.1 Å². The van der Waals surface area contributed by atoms with Gasteiger partial charge in [-0.2, -0.15) is 13.2 Å². The third-order valence-corrected chi connectivity index (χ3v) is 7.75. The van der Waals surface area contributed by atoms with E-state index in [-0.39, 0.29) is 12.2 Å². The monoisotopic (exact) mass is 616 g/mol. The number of nitrogens with zero attached hydrogens (tertiary/aromatic N) is 2. The SMILES string of the molecule is CCCCCCCCCNCc1ccc(-c2ccc(CN(Cc3cccnc3)C(=O)Nc3ccc(C(F)(F)F)cc3)cc2)cc1. The van der Waals surface area contributed by atoms with Gasteiger partial charge in [-0.3, -0.25) is 4.98 Å². The van der Waals surface area contributed by atoms with Crippen molar-refractivity contribution < 1.29 is 18.0 Å². The highest BCUT2D eigenvalue weighted by Crippen LogP contribution is 2.30. The summed E-state index contributed by atoms with van der Waals surface area (Å²) < 4.78 is 38.9. The molecule has 0 aliphatic heterocycles. The summed E-state index contributed by atoms with van der Waals surface area (Å²) in [4.78, 5) is 19.0. The maximum Gasteiger partial charge on any atom is 0.416 e. The quantitative estimate of drug-likeness (QED) is 0.123. The molecule has 4 rings (SSSR count). The number of carbonyl (C=O) groups is 1. The maximum atomic E-state index is 13.3. The fourth-order valence-corrected chi connectivity index (χ4v) is 5.13. The van der Waals surface area contributed by atoms with Gasteiger partial charge < -0.3 is 15.5 Å². The number of halogens is 3. The molecule has 0 atom stereocenters. The van der Waals surface area contributed by atoms with Crippen LogP contribution in [0.3, 0.4) is 0 Å². The van der Waals surface area contributed by atoms with E-state index >= 15 is 0 Å². The number of amides is 2. The number of carbonyl (C=O) groups excluding carboxylic acids is 1. The normalized spacial score (nSPS) is 11.4. The number of hydrogen-bond donors (Lipinski definition) is 2. The Hall–Kier alpha value is -4.17. The van der Waals surface area contributed by atoms with E-state index in [0.717, 1.165) is 47.5 Å². The average molecular weight is 617 g/mol. The summed E-state index contributed by atoms with van der Waals surface area (Å²) in [5.41, 5.74) is 4.74. The van der Waals surface area contributed by atoms with E-state index in [1.807, 2.05) is 30.3 Å². The van der Waals surface area contributed by atoms with Gasteiger partial charge in [-0.1, -0.05) is 100 Å². The van der Waals surface area contributed by atoms with E-state index in [0.29, 0.717) is 6.54 Å². The summed E-state index contributed by atoms with van der Waals surface area (Å²) in [6, 6.07) is 24.3. The van der Waals surface area contributed by atoms with Gasteiger partial charge in [0.05, 0.1) is 5.56 Å².